The van der Waals surface area contributed by atoms with E-state index in [4.69, 9.17) is 0 Å². The molecule has 0 aliphatic carbocycles. The topological polar surface area (TPSA) is 0 Å². The van der Waals surface area contributed by atoms with Gasteiger partial charge in [0.2, 0.25) is 0 Å². The van der Waals surface area contributed by atoms with E-state index in [1.54, 1.807) is 0 Å². The highest BCUT2D eigenvalue weighted by Gasteiger charge is 2.95. The molecule has 31 heavy (non-hydrogen) atoms. The summed E-state index contributed by atoms with van der Waals surface area (Å²) in [7, 11) is 0. The molecule has 0 amide bonds. The van der Waals surface area contributed by atoms with Gasteiger partial charge in [0.25, 0.3) is 0 Å². The smallest absolute Gasteiger partial charge is 0.200 e. The summed E-state index contributed by atoms with van der Waals surface area (Å²) in [5, 5.41) is -3.18. The number of halogens is 19. The van der Waals surface area contributed by atoms with E-state index >= 15 is 0 Å². The molecule has 20 heteroatoms. The van der Waals surface area contributed by atoms with Gasteiger partial charge in [-0.25, -0.2) is 0 Å². The van der Waals surface area contributed by atoms with Gasteiger partial charge in [0.1, 0.15) is 0 Å². The monoisotopic (exact) mass is 648 g/mol. The molecule has 0 aromatic carbocycles. The molecule has 0 nitrogen and oxygen atoms in total. The van der Waals surface area contributed by atoms with Crippen LogP contribution >= 0.6 is 30.6 Å². The number of alkyl halides is 17. The third-order valence-electron chi connectivity index (χ3n) is 3.67. The summed E-state index contributed by atoms with van der Waals surface area (Å²) in [4.78, 5) is 0. The van der Waals surface area contributed by atoms with Crippen LogP contribution in [0.2, 0.25) is 12.6 Å². The fourth-order valence-electron chi connectivity index (χ4n) is 1.73. The van der Waals surface area contributed by atoms with Crippen molar-refractivity contribution >= 4 is 35.9 Å². The van der Waals surface area contributed by atoms with Crippen LogP contribution in [0.3, 0.4) is 0 Å². The first-order chi connectivity index (χ1) is 13.0. The van der Waals surface area contributed by atoms with Crippen LogP contribution in [0.1, 0.15) is 6.42 Å². The van der Waals surface area contributed by atoms with E-state index in [0.717, 1.165) is 6.55 Å². The summed E-state index contributed by atoms with van der Waals surface area (Å²) in [6.07, 6.45) is -10.2. The lowest BCUT2D eigenvalue weighted by Crippen LogP contribution is -2.74. The van der Waals surface area contributed by atoms with Crippen LogP contribution in [-0.2, 0) is 0 Å². The largest absolute Gasteiger partial charge is 0.460 e. The summed E-state index contributed by atoms with van der Waals surface area (Å²) < 4.78 is 221. The van der Waals surface area contributed by atoms with Crippen LogP contribution in [0, 0.1) is 0 Å². The van der Waals surface area contributed by atoms with Gasteiger partial charge in [-0.2, -0.15) is 74.6 Å². The normalized spacial score (nSPS) is 16.6. The van der Waals surface area contributed by atoms with Crippen molar-refractivity contribution in [3.05, 3.63) is 0 Å². The fourth-order valence-corrected chi connectivity index (χ4v) is 3.67. The molecular formula is C11H7Br2F17Si. The highest BCUT2D eigenvalue weighted by molar-refractivity contribution is 9.51. The third-order valence-corrected chi connectivity index (χ3v) is 7.17. The Balaban J connectivity index is 6.56. The average molecular weight is 650 g/mol. The Hall–Kier alpha value is -0.0131. The van der Waals surface area contributed by atoms with Crippen LogP contribution in [0.15, 0.2) is 0 Å². The minimum atomic E-state index is -8.59. The zero-order chi connectivity index (χ0) is 25.9. The molecule has 0 aliphatic heterocycles. The van der Waals surface area contributed by atoms with Crippen LogP contribution in [0.5, 0.6) is 0 Å². The minimum absolute atomic E-state index is 1.03. The molecule has 0 aliphatic rings. The van der Waals surface area contributed by atoms with Gasteiger partial charge < -0.3 is 0 Å². The Morgan fingerprint density at radius 1 is 0.484 bits per heavy atom. The molecule has 0 spiro atoms. The summed E-state index contributed by atoms with van der Waals surface area (Å²) in [5.41, 5.74) is 0. The lowest BCUT2D eigenvalue weighted by molar-refractivity contribution is -0.461. The van der Waals surface area contributed by atoms with Gasteiger partial charge in [-0.1, -0.05) is 6.55 Å². The van der Waals surface area contributed by atoms with Crippen molar-refractivity contribution in [2.75, 3.05) is 0 Å². The first-order valence-corrected chi connectivity index (χ1v) is 14.3. The standard InChI is InChI=1S/C11H7Br2F17Si/c1-31(12,13)3-2-4(14,15)5(16,17)6(18,19)7(20,21)8(22,23)9(24,25)10(26,27)11(28,29)30/h2-3H2,1H3. The second-order valence-corrected chi connectivity index (χ2v) is 22.6. The predicted molar refractivity (Wildman–Crippen MR) is 79.6 cm³/mol. The van der Waals surface area contributed by atoms with Crippen molar-refractivity contribution in [1.29, 1.82) is 0 Å². The lowest BCUT2D eigenvalue weighted by Gasteiger charge is -2.43. The molecule has 0 bridgehead atoms. The molecular weight excluding hydrogens is 643 g/mol. The van der Waals surface area contributed by atoms with Crippen LogP contribution in [-0.4, -0.2) is 52.9 Å². The maximum Gasteiger partial charge on any atom is 0.460 e. The molecule has 0 heterocycles. The molecule has 0 aromatic heterocycles. The first kappa shape index (κ1) is 31.0. The van der Waals surface area contributed by atoms with Crippen LogP contribution in [0.25, 0.3) is 0 Å². The molecule has 0 atom stereocenters. The zero-order valence-corrected chi connectivity index (χ0v) is 18.3. The van der Waals surface area contributed by atoms with E-state index in [0.29, 0.717) is 0 Å². The summed E-state index contributed by atoms with van der Waals surface area (Å²) in [6.45, 7) is 1.03. The molecule has 0 N–H and O–H groups in total. The van der Waals surface area contributed by atoms with E-state index in [1.807, 2.05) is 0 Å². The van der Waals surface area contributed by atoms with Gasteiger partial charge in [-0.05, 0) is 6.04 Å². The van der Waals surface area contributed by atoms with Crippen molar-refractivity contribution in [2.24, 2.45) is 0 Å². The van der Waals surface area contributed by atoms with E-state index in [-0.39, 0.29) is 0 Å². The molecule has 0 saturated heterocycles. The van der Waals surface area contributed by atoms with E-state index in [1.165, 1.54) is 0 Å². The predicted octanol–water partition coefficient (Wildman–Crippen LogP) is 8.25. The molecule has 188 valence electrons. The van der Waals surface area contributed by atoms with Gasteiger partial charge in [0, 0.05) is 6.42 Å². The molecule has 0 aromatic rings. The van der Waals surface area contributed by atoms with Gasteiger partial charge in [-0.15, -0.1) is 30.6 Å². The van der Waals surface area contributed by atoms with E-state index < -0.39 is 65.4 Å². The van der Waals surface area contributed by atoms with Crippen molar-refractivity contribution < 1.29 is 74.6 Å². The third kappa shape index (κ3) is 4.80. The average Bonchev–Trinajstić information content (AvgIpc) is 2.50. The number of rotatable bonds is 9. The lowest BCUT2D eigenvalue weighted by atomic mass is 9.88. The summed E-state index contributed by atoms with van der Waals surface area (Å²) in [6, 6.07) is -1.17. The SMILES string of the molecule is C[Si](Br)(Br)CCC(F)(F)C(F)(F)C(F)(F)C(F)(F)C(F)(F)C(F)(F)C(F)(F)C(F)(F)F. The Morgan fingerprint density at radius 2 is 0.742 bits per heavy atom. The summed E-state index contributed by atoms with van der Waals surface area (Å²) >= 11 is 5.24. The van der Waals surface area contributed by atoms with Gasteiger partial charge in [0.15, 0.2) is 5.31 Å². The van der Waals surface area contributed by atoms with Crippen LogP contribution in [0.4, 0.5) is 74.6 Å². The Bertz CT molecular complexity index is 647. The zero-order valence-electron chi connectivity index (χ0n) is 14.1. The highest BCUT2D eigenvalue weighted by atomic mass is 79.9. The Morgan fingerprint density at radius 3 is 1.00 bits per heavy atom. The van der Waals surface area contributed by atoms with Crippen molar-refractivity contribution in [1.82, 2.24) is 0 Å². The maximum atomic E-state index is 13.5. The van der Waals surface area contributed by atoms with Crippen molar-refractivity contribution in [2.45, 2.75) is 66.6 Å². The fraction of sp³-hybridized carbons (Fsp3) is 1.00. The second kappa shape index (κ2) is 8.04. The number of hydrogen-bond donors (Lipinski definition) is 0. The molecule has 0 unspecified atom stereocenters. The minimum Gasteiger partial charge on any atom is -0.200 e. The summed E-state index contributed by atoms with van der Waals surface area (Å²) in [5.74, 6) is -55.9. The van der Waals surface area contributed by atoms with Crippen LogP contribution < -0.4 is 0 Å². The van der Waals surface area contributed by atoms with Crippen molar-refractivity contribution in [3.8, 4) is 0 Å². The number of hydrogen-bond acceptors (Lipinski definition) is 0. The Labute approximate surface area is 177 Å². The quantitative estimate of drug-likeness (QED) is 0.134. The molecule has 0 radical (unpaired) electrons. The van der Waals surface area contributed by atoms with E-state index in [2.05, 4.69) is 30.6 Å². The van der Waals surface area contributed by atoms with Crippen molar-refractivity contribution in [3.63, 3.8) is 0 Å². The highest BCUT2D eigenvalue weighted by Crippen LogP contribution is 2.64. The first-order valence-electron chi connectivity index (χ1n) is 7.05. The molecule has 0 saturated carbocycles. The van der Waals surface area contributed by atoms with Gasteiger partial charge in [0.05, 0.1) is 0 Å². The van der Waals surface area contributed by atoms with Gasteiger partial charge in [-0.3, -0.25) is 0 Å². The molecule has 0 fully saturated rings. The Kier molecular flexibility index (Phi) is 8.03. The maximum absolute atomic E-state index is 13.5. The van der Waals surface area contributed by atoms with E-state index in [9.17, 15) is 74.6 Å². The molecule has 0 rings (SSSR count). The van der Waals surface area contributed by atoms with Gasteiger partial charge >= 0.3 is 47.6 Å². The second-order valence-electron chi connectivity index (χ2n) is 6.22.